The molecule has 4 aromatic carbocycles. The van der Waals surface area contributed by atoms with Crippen LogP contribution in [0.4, 0.5) is 22.7 Å². The smallest absolute Gasteiger partial charge is 0.229 e. The van der Waals surface area contributed by atoms with Gasteiger partial charge in [0.1, 0.15) is 0 Å². The molecule has 408 valence electrons. The van der Waals surface area contributed by atoms with Gasteiger partial charge < -0.3 is 36.6 Å². The summed E-state index contributed by atoms with van der Waals surface area (Å²) in [4.78, 5) is 87.7. The molecule has 14 heteroatoms. The molecule has 0 saturated carbocycles. The van der Waals surface area contributed by atoms with Gasteiger partial charge in [0.2, 0.25) is 29.5 Å². The Hall–Kier alpha value is -9.17. The standard InChI is InChI=1S/C66H69N9O5/c1-37(76)67-53-36-52-56(40-24-16-20-28-44(40)74-61(79)65(8,9)10)50-33-32-48(69-50)54(38-22-14-18-26-42(38)72-59(77)63(2,3)4)46-30-31-47(68-46)55(39-23-15-19-27-43(39)73-60(78)64(5,6)7)49-34-35-51(70-49)57(58(53)71-52)41-25-17-21-29-45(41)75-62(80)66(11,12)13/h14-36,69-70H,1-13H3,(H,67,76)(H,72,77)(H,73,78)(H,74,79)(H,75,80). The predicted molar refractivity (Wildman–Crippen MR) is 326 cm³/mol. The largest absolute Gasteiger partial charge is 0.354 e. The van der Waals surface area contributed by atoms with Crippen molar-refractivity contribution in [1.82, 2.24) is 25.3 Å². The molecule has 2 aliphatic heterocycles. The Labute approximate surface area is 467 Å². The van der Waals surface area contributed by atoms with E-state index in [1.165, 1.54) is 6.92 Å². The number of hydrogen-bond acceptors (Lipinski definition) is 7. The predicted octanol–water partition coefficient (Wildman–Crippen LogP) is 14.7. The summed E-state index contributed by atoms with van der Waals surface area (Å²) in [5, 5.41) is 15.9. The van der Waals surface area contributed by atoms with Crippen molar-refractivity contribution in [3.63, 3.8) is 0 Å². The lowest BCUT2D eigenvalue weighted by Crippen LogP contribution is -2.27. The van der Waals surface area contributed by atoms with Crippen molar-refractivity contribution in [3.8, 4) is 44.5 Å². The van der Waals surface area contributed by atoms with Gasteiger partial charge in [0, 0.05) is 118 Å². The molecule has 0 fully saturated rings. The number of rotatable bonds is 9. The summed E-state index contributed by atoms with van der Waals surface area (Å²) >= 11 is 0. The molecule has 0 spiro atoms. The van der Waals surface area contributed by atoms with Crippen molar-refractivity contribution >= 4 is 98.3 Å². The van der Waals surface area contributed by atoms with Crippen LogP contribution in [-0.4, -0.2) is 49.5 Å². The van der Waals surface area contributed by atoms with Gasteiger partial charge in [-0.2, -0.15) is 0 Å². The van der Waals surface area contributed by atoms with E-state index in [9.17, 15) is 24.0 Å². The Balaban J connectivity index is 1.52. The highest BCUT2D eigenvalue weighted by Crippen LogP contribution is 2.45. The zero-order chi connectivity index (χ0) is 57.6. The topological polar surface area (TPSA) is 203 Å². The molecule has 5 heterocycles. The maximum atomic E-state index is 14.0. The molecular weight excluding hydrogens is 999 g/mol. The summed E-state index contributed by atoms with van der Waals surface area (Å²) in [7, 11) is 0. The molecule has 0 unspecified atom stereocenters. The SMILES string of the molecule is CC(=O)NC1=Cc2nc1c(-c1ccccc1NC(=O)C(C)(C)C)c1ccc([nH]1)c(-c1ccccc1NC(=O)C(C)(C)C)c1nc(c(-c3ccccc3NC(=O)C(C)(C)C)c3ccc([nH]3)c2-c2ccccc2NC(=O)C(C)(C)C)C=C1. The lowest BCUT2D eigenvalue weighted by Gasteiger charge is -2.20. The number of amides is 5. The van der Waals surface area contributed by atoms with Gasteiger partial charge in [-0.3, -0.25) is 24.0 Å². The minimum absolute atomic E-state index is 0.179. The van der Waals surface area contributed by atoms with Crippen LogP contribution < -0.4 is 26.6 Å². The van der Waals surface area contributed by atoms with E-state index in [1.807, 2.05) is 223 Å². The molecule has 0 atom stereocenters. The average Bonchev–Trinajstić information content (AvgIpc) is 4.41. The van der Waals surface area contributed by atoms with E-state index < -0.39 is 21.7 Å². The molecule has 0 radical (unpaired) electrons. The summed E-state index contributed by atoms with van der Waals surface area (Å²) in [6.07, 6.45) is 5.72. The first kappa shape index (κ1) is 55.6. The number of carbonyl (C=O) groups excluding carboxylic acids is 5. The third-order valence-corrected chi connectivity index (χ3v) is 13.7. The van der Waals surface area contributed by atoms with E-state index in [4.69, 9.17) is 9.97 Å². The number of anilines is 4. The molecule has 7 aromatic rings. The summed E-state index contributed by atoms with van der Waals surface area (Å²) in [6, 6.07) is 38.0. The molecule has 5 amide bonds. The molecule has 3 aromatic heterocycles. The van der Waals surface area contributed by atoms with Gasteiger partial charge in [0.15, 0.2) is 0 Å². The van der Waals surface area contributed by atoms with E-state index in [0.717, 1.165) is 0 Å². The van der Waals surface area contributed by atoms with Crippen molar-refractivity contribution in [2.45, 2.75) is 90.0 Å². The number of carbonyl (C=O) groups is 5. The quantitative estimate of drug-likeness (QED) is 0.0745. The van der Waals surface area contributed by atoms with Crippen molar-refractivity contribution in [3.05, 3.63) is 144 Å². The Bertz CT molecular complexity index is 3920. The van der Waals surface area contributed by atoms with Gasteiger partial charge >= 0.3 is 0 Å². The average molecular weight is 1070 g/mol. The van der Waals surface area contributed by atoms with Crippen LogP contribution in [0.15, 0.2) is 121 Å². The van der Waals surface area contributed by atoms with Crippen molar-refractivity contribution < 1.29 is 24.0 Å². The van der Waals surface area contributed by atoms with Crippen LogP contribution in [0.5, 0.6) is 0 Å². The number of aromatic nitrogens is 4. The Morgan fingerprint density at radius 2 is 0.650 bits per heavy atom. The van der Waals surface area contributed by atoms with E-state index in [0.29, 0.717) is 118 Å². The third kappa shape index (κ3) is 11.5. The Morgan fingerprint density at radius 3 is 0.963 bits per heavy atom. The molecule has 8 bridgehead atoms. The Kier molecular flexibility index (Phi) is 14.7. The van der Waals surface area contributed by atoms with Gasteiger partial charge in [0.25, 0.3) is 0 Å². The monoisotopic (exact) mass is 1070 g/mol. The minimum atomic E-state index is -0.760. The maximum Gasteiger partial charge on any atom is 0.229 e. The minimum Gasteiger partial charge on any atom is -0.354 e. The van der Waals surface area contributed by atoms with Crippen LogP contribution in [0.2, 0.25) is 0 Å². The zero-order valence-electron chi connectivity index (χ0n) is 47.7. The number of nitrogens with zero attached hydrogens (tertiary/aromatic N) is 2. The van der Waals surface area contributed by atoms with Crippen LogP contribution >= 0.6 is 0 Å². The normalized spacial score (nSPS) is 12.6. The fourth-order valence-electron chi connectivity index (χ4n) is 9.18. The zero-order valence-corrected chi connectivity index (χ0v) is 47.7. The number of aromatic amines is 2. The van der Waals surface area contributed by atoms with Crippen molar-refractivity contribution in [1.29, 1.82) is 0 Å². The summed E-state index contributed by atoms with van der Waals surface area (Å²) in [6.45, 7) is 23.7. The van der Waals surface area contributed by atoms with Gasteiger partial charge in [-0.05, 0) is 66.8 Å². The molecule has 7 N–H and O–H groups in total. The molecule has 9 rings (SSSR count). The second kappa shape index (κ2) is 21.2. The van der Waals surface area contributed by atoms with E-state index >= 15 is 0 Å². The first-order valence-corrected chi connectivity index (χ1v) is 26.8. The van der Waals surface area contributed by atoms with Crippen LogP contribution in [-0.2, 0) is 24.0 Å². The number of nitrogens with one attached hydrogen (secondary N) is 7. The third-order valence-electron chi connectivity index (χ3n) is 13.7. The summed E-state index contributed by atoms with van der Waals surface area (Å²) < 4.78 is 0. The van der Waals surface area contributed by atoms with E-state index in [1.54, 1.807) is 0 Å². The number of hydrogen-bond donors (Lipinski definition) is 7. The van der Waals surface area contributed by atoms with Gasteiger partial charge in [-0.1, -0.05) is 156 Å². The molecular formula is C66H69N9O5. The number of para-hydroxylation sites is 4. The fraction of sp³-hybridized carbons (Fsp3) is 0.258. The highest BCUT2D eigenvalue weighted by Gasteiger charge is 2.30. The maximum absolute atomic E-state index is 14.0. The van der Waals surface area contributed by atoms with Crippen LogP contribution in [0, 0.1) is 21.7 Å². The van der Waals surface area contributed by atoms with Crippen LogP contribution in [0.25, 0.3) is 90.5 Å². The molecule has 0 saturated heterocycles. The molecule has 14 nitrogen and oxygen atoms in total. The first-order chi connectivity index (χ1) is 37.7. The highest BCUT2D eigenvalue weighted by molar-refractivity contribution is 6.10. The lowest BCUT2D eigenvalue weighted by molar-refractivity contribution is -0.123. The van der Waals surface area contributed by atoms with E-state index in [2.05, 4.69) is 36.6 Å². The number of fused-ring (bicyclic) bond motifs is 8. The molecule has 2 aliphatic rings. The van der Waals surface area contributed by atoms with Gasteiger partial charge in [0.05, 0.1) is 28.5 Å². The van der Waals surface area contributed by atoms with Crippen LogP contribution in [0.3, 0.4) is 0 Å². The Morgan fingerprint density at radius 1 is 0.362 bits per heavy atom. The second-order valence-electron chi connectivity index (χ2n) is 24.4. The van der Waals surface area contributed by atoms with Crippen molar-refractivity contribution in [2.24, 2.45) is 21.7 Å². The lowest BCUT2D eigenvalue weighted by atomic mass is 9.94. The second-order valence-corrected chi connectivity index (χ2v) is 24.4. The van der Waals surface area contributed by atoms with Crippen LogP contribution in [0.1, 0.15) is 113 Å². The highest BCUT2D eigenvalue weighted by atomic mass is 16.2. The summed E-state index contributed by atoms with van der Waals surface area (Å²) in [5.41, 5.74) is 8.93. The van der Waals surface area contributed by atoms with Crippen molar-refractivity contribution in [2.75, 3.05) is 21.3 Å². The van der Waals surface area contributed by atoms with Gasteiger partial charge in [-0.25, -0.2) is 9.97 Å². The molecule has 0 aliphatic carbocycles. The molecule has 80 heavy (non-hydrogen) atoms. The summed E-state index contributed by atoms with van der Waals surface area (Å²) in [5.74, 6) is -1.13. The number of benzene rings is 4. The van der Waals surface area contributed by atoms with E-state index in [-0.39, 0.29) is 29.5 Å². The fourth-order valence-corrected chi connectivity index (χ4v) is 9.18. The first-order valence-electron chi connectivity index (χ1n) is 26.8. The van der Waals surface area contributed by atoms with Gasteiger partial charge in [-0.15, -0.1) is 0 Å². The number of H-pyrrole nitrogens is 2.